The van der Waals surface area contributed by atoms with Crippen molar-refractivity contribution in [2.24, 2.45) is 0 Å². The molecule has 1 aromatic heterocycles. The van der Waals surface area contributed by atoms with Gasteiger partial charge < -0.3 is 10.2 Å². The summed E-state index contributed by atoms with van der Waals surface area (Å²) in [6.45, 7) is 8.05. The topological polar surface area (TPSA) is 15.3 Å². The van der Waals surface area contributed by atoms with Crippen LogP contribution in [0, 0.1) is 0 Å². The van der Waals surface area contributed by atoms with Crippen LogP contribution in [-0.2, 0) is 0 Å². The van der Waals surface area contributed by atoms with Gasteiger partial charge in [-0.25, -0.2) is 0 Å². The number of piperidine rings is 1. The second-order valence-electron chi connectivity index (χ2n) is 5.28. The van der Waals surface area contributed by atoms with Crippen molar-refractivity contribution < 1.29 is 0 Å². The van der Waals surface area contributed by atoms with Gasteiger partial charge in [0.15, 0.2) is 0 Å². The molecule has 2 nitrogen and oxygen atoms in total. The SMILES string of the molecule is CCCN1CCC(NC(C)c2cc(Cl)sc2Cl)CC1. The first-order valence-electron chi connectivity index (χ1n) is 7.03. The quantitative estimate of drug-likeness (QED) is 0.854. The van der Waals surface area contributed by atoms with E-state index >= 15 is 0 Å². The van der Waals surface area contributed by atoms with Crippen LogP contribution >= 0.6 is 34.5 Å². The van der Waals surface area contributed by atoms with Crippen molar-refractivity contribution in [3.05, 3.63) is 20.3 Å². The number of rotatable bonds is 5. The van der Waals surface area contributed by atoms with Gasteiger partial charge in [-0.2, -0.15) is 0 Å². The average Bonchev–Trinajstić information content (AvgIpc) is 2.71. The third kappa shape index (κ3) is 4.33. The van der Waals surface area contributed by atoms with Gasteiger partial charge in [0.2, 0.25) is 0 Å². The molecule has 1 aromatic rings. The first-order chi connectivity index (χ1) is 9.10. The molecule has 1 aliphatic heterocycles. The van der Waals surface area contributed by atoms with E-state index in [4.69, 9.17) is 23.2 Å². The molecular formula is C14H22Cl2N2S. The van der Waals surface area contributed by atoms with Crippen molar-refractivity contribution in [3.8, 4) is 0 Å². The number of thiophene rings is 1. The van der Waals surface area contributed by atoms with Gasteiger partial charge in [0.1, 0.15) is 0 Å². The summed E-state index contributed by atoms with van der Waals surface area (Å²) >= 11 is 13.7. The molecule has 2 heterocycles. The lowest BCUT2D eigenvalue weighted by Gasteiger charge is -2.33. The molecule has 5 heteroatoms. The summed E-state index contributed by atoms with van der Waals surface area (Å²) in [6, 6.07) is 2.86. The van der Waals surface area contributed by atoms with E-state index < -0.39 is 0 Å². The predicted octanol–water partition coefficient (Wildman–Crippen LogP) is 4.58. The van der Waals surface area contributed by atoms with Crippen molar-refractivity contribution in [2.45, 2.75) is 45.2 Å². The second-order valence-corrected chi connectivity index (χ2v) is 7.57. The standard InChI is InChI=1S/C14H22Cl2N2S/c1-3-6-18-7-4-11(5-8-18)17-10(2)12-9-13(15)19-14(12)16/h9-11,17H,3-8H2,1-2H3. The fourth-order valence-electron chi connectivity index (χ4n) is 2.73. The smallest absolute Gasteiger partial charge is 0.0991 e. The van der Waals surface area contributed by atoms with Crippen LogP contribution in [0.5, 0.6) is 0 Å². The molecule has 1 saturated heterocycles. The van der Waals surface area contributed by atoms with Gasteiger partial charge in [-0.15, -0.1) is 11.3 Å². The fourth-order valence-corrected chi connectivity index (χ4v) is 4.38. The Hall–Kier alpha value is 0.200. The lowest BCUT2D eigenvalue weighted by atomic mass is 10.0. The summed E-state index contributed by atoms with van der Waals surface area (Å²) in [4.78, 5) is 2.55. The molecule has 108 valence electrons. The van der Waals surface area contributed by atoms with Gasteiger partial charge in [0.05, 0.1) is 8.67 Å². The lowest BCUT2D eigenvalue weighted by molar-refractivity contribution is 0.192. The molecule has 1 unspecified atom stereocenters. The molecule has 0 radical (unpaired) electrons. The molecular weight excluding hydrogens is 299 g/mol. The highest BCUT2D eigenvalue weighted by molar-refractivity contribution is 7.20. The minimum Gasteiger partial charge on any atom is -0.307 e. The van der Waals surface area contributed by atoms with Gasteiger partial charge >= 0.3 is 0 Å². The number of halogens is 2. The van der Waals surface area contributed by atoms with Crippen molar-refractivity contribution in [1.29, 1.82) is 0 Å². The predicted molar refractivity (Wildman–Crippen MR) is 85.6 cm³/mol. The van der Waals surface area contributed by atoms with Crippen molar-refractivity contribution in [3.63, 3.8) is 0 Å². The van der Waals surface area contributed by atoms with Crippen LogP contribution in [-0.4, -0.2) is 30.6 Å². The normalized spacial score (nSPS) is 19.8. The molecule has 0 saturated carbocycles. The number of likely N-dealkylation sites (tertiary alicyclic amines) is 1. The maximum Gasteiger partial charge on any atom is 0.0991 e. The molecule has 1 atom stereocenters. The van der Waals surface area contributed by atoms with Gasteiger partial charge in [-0.1, -0.05) is 30.1 Å². The Labute approximate surface area is 130 Å². The van der Waals surface area contributed by atoms with E-state index in [-0.39, 0.29) is 6.04 Å². The van der Waals surface area contributed by atoms with Crippen LogP contribution in [0.3, 0.4) is 0 Å². The Kier molecular flexibility index (Phi) is 5.97. The van der Waals surface area contributed by atoms with Crippen LogP contribution in [0.1, 0.15) is 44.7 Å². The molecule has 1 fully saturated rings. The van der Waals surface area contributed by atoms with E-state index in [9.17, 15) is 0 Å². The van der Waals surface area contributed by atoms with Crippen LogP contribution in [0.4, 0.5) is 0 Å². The molecule has 2 rings (SSSR count). The summed E-state index contributed by atoms with van der Waals surface area (Å²) in [5.41, 5.74) is 1.13. The molecule has 19 heavy (non-hydrogen) atoms. The summed E-state index contributed by atoms with van der Waals surface area (Å²) in [5, 5.41) is 3.69. The van der Waals surface area contributed by atoms with Gasteiger partial charge in [0, 0.05) is 12.1 Å². The second kappa shape index (κ2) is 7.28. The Bertz CT molecular complexity index is 400. The van der Waals surface area contributed by atoms with E-state index in [0.29, 0.717) is 6.04 Å². The highest BCUT2D eigenvalue weighted by atomic mass is 35.5. The molecule has 0 aromatic carbocycles. The summed E-state index contributed by atoms with van der Waals surface area (Å²) < 4.78 is 1.58. The minimum atomic E-state index is 0.277. The first-order valence-corrected chi connectivity index (χ1v) is 8.60. The monoisotopic (exact) mass is 320 g/mol. The van der Waals surface area contributed by atoms with Crippen LogP contribution < -0.4 is 5.32 Å². The number of hydrogen-bond acceptors (Lipinski definition) is 3. The summed E-state index contributed by atoms with van der Waals surface area (Å²) in [5.74, 6) is 0. The van der Waals surface area contributed by atoms with E-state index in [0.717, 1.165) is 14.2 Å². The Balaban J connectivity index is 1.84. The highest BCUT2D eigenvalue weighted by Gasteiger charge is 2.21. The molecule has 1 aliphatic rings. The summed E-state index contributed by atoms with van der Waals surface area (Å²) in [6.07, 6.45) is 3.69. The highest BCUT2D eigenvalue weighted by Crippen LogP contribution is 2.35. The third-order valence-electron chi connectivity index (χ3n) is 3.76. The minimum absolute atomic E-state index is 0.277. The number of nitrogens with zero attached hydrogens (tertiary/aromatic N) is 1. The van der Waals surface area contributed by atoms with Crippen LogP contribution in [0.2, 0.25) is 8.67 Å². The van der Waals surface area contributed by atoms with Crippen molar-refractivity contribution in [1.82, 2.24) is 10.2 Å². The zero-order valence-corrected chi connectivity index (χ0v) is 13.9. The lowest BCUT2D eigenvalue weighted by Crippen LogP contribution is -2.43. The van der Waals surface area contributed by atoms with Crippen molar-refractivity contribution >= 4 is 34.5 Å². The van der Waals surface area contributed by atoms with Gasteiger partial charge in [-0.3, -0.25) is 0 Å². The number of nitrogens with one attached hydrogen (secondary N) is 1. The molecule has 0 spiro atoms. The van der Waals surface area contributed by atoms with E-state index in [1.54, 1.807) is 0 Å². The Morgan fingerprint density at radius 1 is 1.42 bits per heavy atom. The zero-order chi connectivity index (χ0) is 13.8. The summed E-state index contributed by atoms with van der Waals surface area (Å²) in [7, 11) is 0. The fraction of sp³-hybridized carbons (Fsp3) is 0.714. The van der Waals surface area contributed by atoms with Gasteiger partial charge in [-0.05, 0) is 57.5 Å². The first kappa shape index (κ1) is 15.6. The third-order valence-corrected chi connectivity index (χ3v) is 5.28. The van der Waals surface area contributed by atoms with Gasteiger partial charge in [0.25, 0.3) is 0 Å². The largest absolute Gasteiger partial charge is 0.307 e. The Morgan fingerprint density at radius 3 is 2.63 bits per heavy atom. The maximum atomic E-state index is 6.21. The Morgan fingerprint density at radius 2 is 2.11 bits per heavy atom. The number of hydrogen-bond donors (Lipinski definition) is 1. The molecule has 0 bridgehead atoms. The molecule has 0 amide bonds. The molecule has 0 aliphatic carbocycles. The van der Waals surface area contributed by atoms with E-state index in [1.165, 1.54) is 50.2 Å². The van der Waals surface area contributed by atoms with Crippen LogP contribution in [0.25, 0.3) is 0 Å². The van der Waals surface area contributed by atoms with Crippen LogP contribution in [0.15, 0.2) is 6.07 Å². The van der Waals surface area contributed by atoms with E-state index in [2.05, 4.69) is 24.1 Å². The van der Waals surface area contributed by atoms with Crippen molar-refractivity contribution in [2.75, 3.05) is 19.6 Å². The average molecular weight is 321 g/mol. The zero-order valence-electron chi connectivity index (χ0n) is 11.6. The maximum absolute atomic E-state index is 6.21. The van der Waals surface area contributed by atoms with E-state index in [1.807, 2.05) is 6.07 Å². The molecule has 1 N–H and O–H groups in total.